The highest BCUT2D eigenvalue weighted by Crippen LogP contribution is 2.49. The molecular formula is C55H40N2. The van der Waals surface area contributed by atoms with E-state index in [0.717, 1.165) is 0 Å². The molecule has 8 aromatic carbocycles. The molecule has 2 aromatic heterocycles. The van der Waals surface area contributed by atoms with Gasteiger partial charge >= 0.3 is 0 Å². The summed E-state index contributed by atoms with van der Waals surface area (Å²) in [5, 5.41) is 5.07. The Kier molecular flexibility index (Phi) is 7.55. The third-order valence-electron chi connectivity index (χ3n) is 12.1. The summed E-state index contributed by atoms with van der Waals surface area (Å²) < 4.78 is 4.73. The summed E-state index contributed by atoms with van der Waals surface area (Å²) in [6.07, 6.45) is 9.04. The number of benzene rings is 8. The number of aromatic nitrogens is 2. The van der Waals surface area contributed by atoms with Gasteiger partial charge in [-0.05, 0) is 105 Å². The molecule has 1 aliphatic rings. The zero-order chi connectivity index (χ0) is 38.1. The average Bonchev–Trinajstić information content (AvgIpc) is 3.85. The predicted octanol–water partition coefficient (Wildman–Crippen LogP) is 14.5. The molecule has 0 unspecified atom stereocenters. The Morgan fingerprint density at radius 1 is 0.333 bits per heavy atom. The highest BCUT2D eigenvalue weighted by atomic mass is 15.0. The molecule has 57 heavy (non-hydrogen) atoms. The van der Waals surface area contributed by atoms with Crippen LogP contribution in [0.4, 0.5) is 0 Å². The first kappa shape index (κ1) is 33.2. The zero-order valence-electron chi connectivity index (χ0n) is 32.0. The Labute approximate surface area is 332 Å². The molecule has 0 spiro atoms. The number of fused-ring (bicyclic) bond motifs is 9. The van der Waals surface area contributed by atoms with Gasteiger partial charge in [0.2, 0.25) is 0 Å². The van der Waals surface area contributed by atoms with Crippen LogP contribution in [0.1, 0.15) is 47.2 Å². The van der Waals surface area contributed by atoms with Crippen LogP contribution in [0, 0.1) is 0 Å². The van der Waals surface area contributed by atoms with Crippen molar-refractivity contribution in [3.63, 3.8) is 0 Å². The topological polar surface area (TPSA) is 9.86 Å². The molecule has 0 bridgehead atoms. The molecule has 270 valence electrons. The largest absolute Gasteiger partial charge is 0.309 e. The van der Waals surface area contributed by atoms with Crippen LogP contribution in [0.2, 0.25) is 0 Å². The van der Waals surface area contributed by atoms with Gasteiger partial charge in [0, 0.05) is 38.3 Å². The smallest absolute Gasteiger partial charge is 0.0541 e. The van der Waals surface area contributed by atoms with Crippen molar-refractivity contribution >= 4 is 67.9 Å². The first-order valence-corrected chi connectivity index (χ1v) is 19.8. The predicted molar refractivity (Wildman–Crippen MR) is 243 cm³/mol. The molecule has 10 aromatic rings. The van der Waals surface area contributed by atoms with E-state index < -0.39 is 0 Å². The summed E-state index contributed by atoms with van der Waals surface area (Å²) in [4.78, 5) is 0. The third kappa shape index (κ3) is 5.40. The summed E-state index contributed by atoms with van der Waals surface area (Å²) in [5.74, 6) is 0. The fourth-order valence-electron chi connectivity index (χ4n) is 9.26. The van der Waals surface area contributed by atoms with Gasteiger partial charge in [-0.3, -0.25) is 0 Å². The minimum absolute atomic E-state index is 0.116. The summed E-state index contributed by atoms with van der Waals surface area (Å²) in [6.45, 7) is 4.73. The van der Waals surface area contributed by atoms with Gasteiger partial charge in [-0.2, -0.15) is 0 Å². The van der Waals surface area contributed by atoms with Crippen molar-refractivity contribution < 1.29 is 0 Å². The van der Waals surface area contributed by atoms with Gasteiger partial charge in [0.05, 0.1) is 22.1 Å². The quantitative estimate of drug-likeness (QED) is 0.151. The van der Waals surface area contributed by atoms with E-state index >= 15 is 0 Å². The van der Waals surface area contributed by atoms with Crippen molar-refractivity contribution in [1.29, 1.82) is 0 Å². The SMILES string of the molecule is CC1(C)c2cc(/C=C/c3ccc4c(c3)c3ccccc3n4-c3ccccc3)ccc2-c2ccc(/C=C/c3ccc4c(c3)c3ccccc3n4-c3ccccc3)cc21. The van der Waals surface area contributed by atoms with Crippen LogP contribution >= 0.6 is 0 Å². The lowest BCUT2D eigenvalue weighted by Gasteiger charge is -2.22. The lowest BCUT2D eigenvalue weighted by Crippen LogP contribution is -2.15. The van der Waals surface area contributed by atoms with E-state index in [0.29, 0.717) is 0 Å². The molecule has 11 rings (SSSR count). The average molecular weight is 729 g/mol. The van der Waals surface area contributed by atoms with E-state index in [1.807, 2.05) is 0 Å². The number of para-hydroxylation sites is 4. The third-order valence-corrected chi connectivity index (χ3v) is 12.1. The second-order valence-corrected chi connectivity index (χ2v) is 15.8. The maximum atomic E-state index is 2.39. The summed E-state index contributed by atoms with van der Waals surface area (Å²) in [7, 11) is 0. The van der Waals surface area contributed by atoms with Crippen molar-refractivity contribution in [1.82, 2.24) is 9.13 Å². The van der Waals surface area contributed by atoms with Crippen molar-refractivity contribution in [2.75, 3.05) is 0 Å². The van der Waals surface area contributed by atoms with Crippen LogP contribution in [0.25, 0.3) is 90.4 Å². The van der Waals surface area contributed by atoms with Gasteiger partial charge in [-0.25, -0.2) is 0 Å². The number of rotatable bonds is 6. The second kappa shape index (κ2) is 13.0. The van der Waals surface area contributed by atoms with Gasteiger partial charge in [0.1, 0.15) is 0 Å². The highest BCUT2D eigenvalue weighted by molar-refractivity contribution is 6.11. The minimum Gasteiger partial charge on any atom is -0.309 e. The zero-order valence-corrected chi connectivity index (χ0v) is 32.0. The van der Waals surface area contributed by atoms with Gasteiger partial charge < -0.3 is 9.13 Å². The monoisotopic (exact) mass is 728 g/mol. The fraction of sp³-hybridized carbons (Fsp3) is 0.0545. The molecule has 0 saturated heterocycles. The standard InChI is InChI=1S/C55H40N2/c1-55(2)49-35-39(23-21-37-27-31-53-47(33-37)45-17-9-11-19-51(45)56(53)41-13-5-3-6-14-41)25-29-43(49)44-30-26-40(36-50(44)55)24-22-38-28-32-54-48(34-38)46-18-10-12-20-52(46)57(54)42-15-7-4-8-16-42/h3-36H,1-2H3/b23-21+,24-22+. The van der Waals surface area contributed by atoms with E-state index in [1.165, 1.54) is 99.5 Å². The molecule has 1 aliphatic carbocycles. The van der Waals surface area contributed by atoms with Crippen molar-refractivity contribution in [3.8, 4) is 22.5 Å². The molecule has 0 amide bonds. The van der Waals surface area contributed by atoms with E-state index in [-0.39, 0.29) is 5.41 Å². The normalized spacial score (nSPS) is 13.4. The van der Waals surface area contributed by atoms with Crippen LogP contribution < -0.4 is 0 Å². The molecule has 2 nitrogen and oxygen atoms in total. The van der Waals surface area contributed by atoms with Crippen molar-refractivity contribution in [3.05, 3.63) is 215 Å². The lowest BCUT2D eigenvalue weighted by atomic mass is 9.81. The Morgan fingerprint density at radius 3 is 1.12 bits per heavy atom. The maximum Gasteiger partial charge on any atom is 0.0541 e. The van der Waals surface area contributed by atoms with Crippen LogP contribution in [0.15, 0.2) is 182 Å². The van der Waals surface area contributed by atoms with Crippen LogP contribution in [0.3, 0.4) is 0 Å². The Hall–Kier alpha value is -7.16. The van der Waals surface area contributed by atoms with E-state index in [9.17, 15) is 0 Å². The maximum absolute atomic E-state index is 2.39. The number of nitrogens with zero attached hydrogens (tertiary/aromatic N) is 2. The molecule has 0 saturated carbocycles. The first-order valence-electron chi connectivity index (χ1n) is 19.8. The number of hydrogen-bond donors (Lipinski definition) is 0. The highest BCUT2D eigenvalue weighted by Gasteiger charge is 2.35. The van der Waals surface area contributed by atoms with Gasteiger partial charge in [0.25, 0.3) is 0 Å². The molecule has 0 aliphatic heterocycles. The Bertz CT molecular complexity index is 3020. The van der Waals surface area contributed by atoms with E-state index in [4.69, 9.17) is 0 Å². The summed E-state index contributed by atoms with van der Waals surface area (Å²) in [6, 6.07) is 66.3. The first-order chi connectivity index (χ1) is 28.0. The van der Waals surface area contributed by atoms with Crippen LogP contribution in [-0.4, -0.2) is 9.13 Å². The lowest BCUT2D eigenvalue weighted by molar-refractivity contribution is 0.660. The molecule has 0 radical (unpaired) electrons. The summed E-state index contributed by atoms with van der Waals surface area (Å²) >= 11 is 0. The molecule has 0 N–H and O–H groups in total. The number of hydrogen-bond acceptors (Lipinski definition) is 0. The van der Waals surface area contributed by atoms with Gasteiger partial charge in [-0.15, -0.1) is 0 Å². The van der Waals surface area contributed by atoms with Gasteiger partial charge in [0.15, 0.2) is 0 Å². The van der Waals surface area contributed by atoms with Crippen LogP contribution in [-0.2, 0) is 5.41 Å². The Balaban J connectivity index is 0.883. The van der Waals surface area contributed by atoms with Crippen molar-refractivity contribution in [2.45, 2.75) is 19.3 Å². The Morgan fingerprint density at radius 2 is 0.684 bits per heavy atom. The van der Waals surface area contributed by atoms with E-state index in [2.05, 4.69) is 229 Å². The fourth-order valence-corrected chi connectivity index (χ4v) is 9.26. The van der Waals surface area contributed by atoms with E-state index in [1.54, 1.807) is 0 Å². The van der Waals surface area contributed by atoms with Crippen molar-refractivity contribution in [2.24, 2.45) is 0 Å². The van der Waals surface area contributed by atoms with Crippen LogP contribution in [0.5, 0.6) is 0 Å². The molecule has 2 heterocycles. The molecule has 0 fully saturated rings. The minimum atomic E-state index is -0.116. The second-order valence-electron chi connectivity index (χ2n) is 15.8. The summed E-state index contributed by atoms with van der Waals surface area (Å²) in [5.41, 5.74) is 17.4. The van der Waals surface area contributed by atoms with Gasteiger partial charge in [-0.1, -0.05) is 159 Å². The molecule has 2 heteroatoms. The molecule has 0 atom stereocenters. The molecular weight excluding hydrogens is 689 g/mol.